The van der Waals surface area contributed by atoms with Crippen LogP contribution in [0.25, 0.3) is 0 Å². The molecule has 2 rings (SSSR count). The van der Waals surface area contributed by atoms with Crippen LogP contribution < -0.4 is 20.3 Å². The van der Waals surface area contributed by atoms with Crippen molar-refractivity contribution in [3.8, 4) is 36.2 Å². The Morgan fingerprint density at radius 1 is 0.893 bits per heavy atom. The molecule has 0 saturated heterocycles. The van der Waals surface area contributed by atoms with Gasteiger partial charge in [0.2, 0.25) is 0 Å². The van der Waals surface area contributed by atoms with Gasteiger partial charge in [0.1, 0.15) is 24.7 Å². The lowest BCUT2D eigenvalue weighted by atomic mass is 10.2. The van der Waals surface area contributed by atoms with Crippen LogP contribution >= 0.6 is 0 Å². The average molecular weight is 374 g/mol. The number of ether oxygens (including phenoxy) is 2. The second-order valence-corrected chi connectivity index (χ2v) is 5.20. The van der Waals surface area contributed by atoms with E-state index in [1.807, 2.05) is 0 Å². The third-order valence-corrected chi connectivity index (χ3v) is 3.12. The van der Waals surface area contributed by atoms with Crippen molar-refractivity contribution in [2.45, 2.75) is 0 Å². The predicted octanol–water partition coefficient (Wildman–Crippen LogP) is 2.38. The summed E-state index contributed by atoms with van der Waals surface area (Å²) in [6.45, 7) is 0.358. The number of carbonyl (C=O) groups is 1. The molecule has 0 radical (unpaired) electrons. The van der Waals surface area contributed by atoms with Gasteiger partial charge in [0.15, 0.2) is 0 Å². The highest BCUT2D eigenvalue weighted by molar-refractivity contribution is 5.84. The molecule has 0 atom stereocenters. The van der Waals surface area contributed by atoms with Gasteiger partial charge in [-0.2, -0.15) is 10.2 Å². The highest BCUT2D eigenvalue weighted by Gasteiger charge is 1.97. The summed E-state index contributed by atoms with van der Waals surface area (Å²) in [5.74, 6) is 6.01. The van der Waals surface area contributed by atoms with E-state index < -0.39 is 6.03 Å². The van der Waals surface area contributed by atoms with Gasteiger partial charge < -0.3 is 9.47 Å². The molecule has 0 aliphatic rings. The molecule has 0 aliphatic carbocycles. The smallest absolute Gasteiger partial charge is 0.355 e. The third kappa shape index (κ3) is 7.34. The van der Waals surface area contributed by atoms with E-state index in [-0.39, 0.29) is 13.2 Å². The third-order valence-electron chi connectivity index (χ3n) is 3.12. The Morgan fingerprint density at radius 2 is 1.36 bits per heavy atom. The average Bonchev–Trinajstić information content (AvgIpc) is 2.71. The first-order valence-electron chi connectivity index (χ1n) is 8.16. The Bertz CT molecular complexity index is 864. The van der Waals surface area contributed by atoms with Crippen LogP contribution in [0.4, 0.5) is 4.79 Å². The fourth-order valence-corrected chi connectivity index (χ4v) is 1.98. The summed E-state index contributed by atoms with van der Waals surface area (Å²) in [6, 6.07) is 13.6. The first-order valence-corrected chi connectivity index (χ1v) is 8.16. The van der Waals surface area contributed by atoms with Crippen LogP contribution in [0.1, 0.15) is 11.1 Å². The van der Waals surface area contributed by atoms with Crippen LogP contribution in [-0.4, -0.2) is 31.7 Å². The summed E-state index contributed by atoms with van der Waals surface area (Å²) in [4.78, 5) is 11.7. The second kappa shape index (κ2) is 11.4. The number of nitrogens with one attached hydrogen (secondary N) is 2. The van der Waals surface area contributed by atoms with Crippen LogP contribution in [-0.2, 0) is 0 Å². The summed E-state index contributed by atoms with van der Waals surface area (Å²) >= 11 is 0. The van der Waals surface area contributed by atoms with Crippen molar-refractivity contribution in [2.75, 3.05) is 13.2 Å². The van der Waals surface area contributed by atoms with E-state index in [1.54, 1.807) is 48.5 Å². The minimum Gasteiger partial charge on any atom is -0.481 e. The SMILES string of the molecule is C#CCOc1cccc(C=NNC(=O)N/N=C\c2cccc(OCC#C)c2)c1. The first kappa shape index (κ1) is 20.1. The Hall–Kier alpha value is -4.23. The van der Waals surface area contributed by atoms with E-state index >= 15 is 0 Å². The van der Waals surface area contributed by atoms with Crippen molar-refractivity contribution in [3.63, 3.8) is 0 Å². The molecule has 0 heterocycles. The molecule has 140 valence electrons. The summed E-state index contributed by atoms with van der Waals surface area (Å²) in [5, 5.41) is 7.68. The summed E-state index contributed by atoms with van der Waals surface area (Å²) in [6.07, 6.45) is 13.2. The van der Waals surface area contributed by atoms with Gasteiger partial charge in [-0.15, -0.1) is 12.8 Å². The Kier molecular flexibility index (Phi) is 8.18. The minimum atomic E-state index is -0.591. The normalized spacial score (nSPS) is 10.2. The lowest BCUT2D eigenvalue weighted by Crippen LogP contribution is -2.28. The van der Waals surface area contributed by atoms with E-state index in [0.29, 0.717) is 11.5 Å². The zero-order valence-electron chi connectivity index (χ0n) is 15.0. The maximum absolute atomic E-state index is 11.7. The number of hydrogen-bond donors (Lipinski definition) is 2. The molecular formula is C21H18N4O3. The van der Waals surface area contributed by atoms with E-state index in [4.69, 9.17) is 22.3 Å². The Morgan fingerprint density at radius 3 is 1.79 bits per heavy atom. The lowest BCUT2D eigenvalue weighted by Gasteiger charge is -2.03. The first-order chi connectivity index (χ1) is 13.7. The van der Waals surface area contributed by atoms with Crippen molar-refractivity contribution in [3.05, 3.63) is 59.7 Å². The van der Waals surface area contributed by atoms with Crippen molar-refractivity contribution in [2.24, 2.45) is 10.2 Å². The molecule has 0 saturated carbocycles. The number of hydrazone groups is 2. The van der Waals surface area contributed by atoms with Gasteiger partial charge in [-0.3, -0.25) is 0 Å². The lowest BCUT2D eigenvalue weighted by molar-refractivity contribution is 0.242. The number of terminal acetylenes is 2. The van der Waals surface area contributed by atoms with Crippen LogP contribution in [0.2, 0.25) is 0 Å². The molecule has 0 aliphatic heterocycles. The van der Waals surface area contributed by atoms with Gasteiger partial charge in [0.25, 0.3) is 0 Å². The number of hydrogen-bond acceptors (Lipinski definition) is 5. The molecule has 2 aromatic rings. The molecule has 2 aromatic carbocycles. The Labute approximate surface area is 163 Å². The topological polar surface area (TPSA) is 84.3 Å². The standard InChI is InChI=1S/C21H18N4O3/c1-3-11-27-19-9-5-7-17(13-19)15-22-24-21(26)25-23-16-18-8-6-10-20(14-18)28-12-4-2/h1-2,5-10,13-16H,11-12H2,(H2,24,25,26)/b22-15-,23-16?. The molecule has 0 bridgehead atoms. The van der Waals surface area contributed by atoms with Crippen LogP contribution in [0.3, 0.4) is 0 Å². The van der Waals surface area contributed by atoms with Gasteiger partial charge in [-0.25, -0.2) is 15.6 Å². The highest BCUT2D eigenvalue weighted by atomic mass is 16.5. The molecule has 2 amide bonds. The van der Waals surface area contributed by atoms with Crippen LogP contribution in [0, 0.1) is 24.7 Å². The number of urea groups is 1. The second-order valence-electron chi connectivity index (χ2n) is 5.20. The largest absolute Gasteiger partial charge is 0.481 e. The fourth-order valence-electron chi connectivity index (χ4n) is 1.98. The molecule has 0 aromatic heterocycles. The number of rotatable bonds is 8. The van der Waals surface area contributed by atoms with Crippen molar-refractivity contribution in [1.82, 2.24) is 10.9 Å². The Balaban J connectivity index is 1.81. The number of amides is 2. The maximum atomic E-state index is 11.7. The number of benzene rings is 2. The number of nitrogens with zero attached hydrogens (tertiary/aromatic N) is 2. The highest BCUT2D eigenvalue weighted by Crippen LogP contribution is 2.12. The van der Waals surface area contributed by atoms with E-state index in [1.165, 1.54) is 12.4 Å². The molecular weight excluding hydrogens is 356 g/mol. The van der Waals surface area contributed by atoms with Gasteiger partial charge in [0.05, 0.1) is 12.4 Å². The summed E-state index contributed by atoms with van der Waals surface area (Å²) in [7, 11) is 0. The zero-order chi connectivity index (χ0) is 20.0. The van der Waals surface area contributed by atoms with Crippen LogP contribution in [0.5, 0.6) is 11.5 Å². The molecule has 7 heteroatoms. The molecule has 0 spiro atoms. The van der Waals surface area contributed by atoms with Gasteiger partial charge >= 0.3 is 6.03 Å². The van der Waals surface area contributed by atoms with Crippen molar-refractivity contribution >= 4 is 18.5 Å². The molecule has 28 heavy (non-hydrogen) atoms. The zero-order valence-corrected chi connectivity index (χ0v) is 15.0. The molecule has 0 unspecified atom stereocenters. The fraction of sp³-hybridized carbons (Fsp3) is 0.0952. The van der Waals surface area contributed by atoms with E-state index in [0.717, 1.165) is 11.1 Å². The summed E-state index contributed by atoms with van der Waals surface area (Å²) in [5.41, 5.74) is 6.09. The molecule has 0 fully saturated rings. The van der Waals surface area contributed by atoms with Crippen LogP contribution in [0.15, 0.2) is 58.7 Å². The minimum absolute atomic E-state index is 0.179. The maximum Gasteiger partial charge on any atom is 0.355 e. The van der Waals surface area contributed by atoms with Gasteiger partial charge in [0, 0.05) is 0 Å². The molecule has 2 N–H and O–H groups in total. The predicted molar refractivity (Wildman–Crippen MR) is 108 cm³/mol. The van der Waals surface area contributed by atoms with E-state index in [2.05, 4.69) is 32.9 Å². The quantitative estimate of drug-likeness (QED) is 0.423. The monoisotopic (exact) mass is 374 g/mol. The summed E-state index contributed by atoms with van der Waals surface area (Å²) < 4.78 is 10.6. The van der Waals surface area contributed by atoms with Crippen molar-refractivity contribution in [1.29, 1.82) is 0 Å². The van der Waals surface area contributed by atoms with Gasteiger partial charge in [-0.1, -0.05) is 36.1 Å². The van der Waals surface area contributed by atoms with Gasteiger partial charge in [-0.05, 0) is 35.4 Å². The van der Waals surface area contributed by atoms with E-state index in [9.17, 15) is 4.79 Å². The number of carbonyl (C=O) groups excluding carboxylic acids is 1. The van der Waals surface area contributed by atoms with Crippen molar-refractivity contribution < 1.29 is 14.3 Å². The molecule has 7 nitrogen and oxygen atoms in total.